The van der Waals surface area contributed by atoms with Crippen LogP contribution in [0.15, 0.2) is 12.4 Å². The third kappa shape index (κ3) is 3.78. The molecule has 0 aliphatic carbocycles. The number of nitrogens with one attached hydrogen (secondary N) is 1. The van der Waals surface area contributed by atoms with Crippen LogP contribution in [0.2, 0.25) is 0 Å². The van der Waals surface area contributed by atoms with Crippen LogP contribution in [-0.2, 0) is 0 Å². The summed E-state index contributed by atoms with van der Waals surface area (Å²) in [6.45, 7) is 5.67. The first-order valence-electron chi connectivity index (χ1n) is 6.72. The quantitative estimate of drug-likeness (QED) is 0.722. The van der Waals surface area contributed by atoms with E-state index in [1.165, 1.54) is 0 Å². The molecule has 0 radical (unpaired) electrons. The number of rotatable bonds is 5. The summed E-state index contributed by atoms with van der Waals surface area (Å²) in [6, 6.07) is 2.09. The molecule has 6 heteroatoms. The van der Waals surface area contributed by atoms with Gasteiger partial charge in [0.05, 0.1) is 12.6 Å². The molecule has 1 aliphatic rings. The van der Waals surface area contributed by atoms with E-state index in [1.54, 1.807) is 6.33 Å². The van der Waals surface area contributed by atoms with E-state index < -0.39 is 0 Å². The van der Waals surface area contributed by atoms with E-state index in [4.69, 9.17) is 5.73 Å². The number of hydrogen-bond acceptors (Lipinski definition) is 6. The lowest BCUT2D eigenvalue weighted by Crippen LogP contribution is -2.39. The largest absolute Gasteiger partial charge is 0.394 e. The van der Waals surface area contributed by atoms with Gasteiger partial charge in [0, 0.05) is 24.7 Å². The summed E-state index contributed by atoms with van der Waals surface area (Å²) in [5.74, 6) is 1.64. The zero-order chi connectivity index (χ0) is 13.9. The number of hydrogen-bond donors (Lipinski definition) is 3. The molecule has 2 rings (SSSR count). The number of aliphatic hydroxyl groups is 1. The molecule has 0 spiro atoms. The topological polar surface area (TPSA) is 87.3 Å². The lowest BCUT2D eigenvalue weighted by Gasteiger charge is -2.24. The Kier molecular flexibility index (Phi) is 4.21. The molecule has 0 aromatic carbocycles. The van der Waals surface area contributed by atoms with Gasteiger partial charge in [0.2, 0.25) is 0 Å². The molecule has 6 nitrogen and oxygen atoms in total. The summed E-state index contributed by atoms with van der Waals surface area (Å²) in [4.78, 5) is 10.6. The highest BCUT2D eigenvalue weighted by atomic mass is 16.3. The van der Waals surface area contributed by atoms with Crippen molar-refractivity contribution in [3.8, 4) is 0 Å². The molecule has 1 aliphatic heterocycles. The summed E-state index contributed by atoms with van der Waals surface area (Å²) in [5.41, 5.74) is 5.65. The standard InChI is InChI=1S/C13H23N5O/c1-13(2,14)8-15-11-6-12(17-9-16-11)18-5-3-4-10(18)7-19/h6,9-10,19H,3-5,7-8,14H2,1-2H3,(H,15,16,17). The maximum Gasteiger partial charge on any atom is 0.134 e. The van der Waals surface area contributed by atoms with Crippen molar-refractivity contribution < 1.29 is 5.11 Å². The average Bonchev–Trinajstić information content (AvgIpc) is 2.84. The van der Waals surface area contributed by atoms with Crippen molar-refractivity contribution in [2.75, 3.05) is 29.9 Å². The monoisotopic (exact) mass is 265 g/mol. The van der Waals surface area contributed by atoms with Crippen molar-refractivity contribution >= 4 is 11.6 Å². The molecule has 0 amide bonds. The molecule has 1 atom stereocenters. The normalized spacial score (nSPS) is 19.8. The van der Waals surface area contributed by atoms with Gasteiger partial charge in [-0.1, -0.05) is 0 Å². The fraction of sp³-hybridized carbons (Fsp3) is 0.692. The number of nitrogens with zero attached hydrogens (tertiary/aromatic N) is 3. The predicted octanol–water partition coefficient (Wildman–Crippen LogP) is 0.587. The molecule has 1 aromatic rings. The second-order valence-corrected chi connectivity index (χ2v) is 5.78. The molecular weight excluding hydrogens is 242 g/mol. The Morgan fingerprint density at radius 3 is 3.00 bits per heavy atom. The summed E-state index contributed by atoms with van der Waals surface area (Å²) in [5, 5.41) is 12.6. The first-order valence-corrected chi connectivity index (χ1v) is 6.72. The van der Waals surface area contributed by atoms with E-state index in [0.29, 0.717) is 6.54 Å². The summed E-state index contributed by atoms with van der Waals surface area (Å²) in [6.07, 6.45) is 3.65. The van der Waals surface area contributed by atoms with Gasteiger partial charge in [0.15, 0.2) is 0 Å². The van der Waals surface area contributed by atoms with E-state index in [9.17, 15) is 5.11 Å². The molecule has 19 heavy (non-hydrogen) atoms. The number of nitrogens with two attached hydrogens (primary N) is 1. The van der Waals surface area contributed by atoms with Crippen molar-refractivity contribution in [2.24, 2.45) is 5.73 Å². The summed E-state index contributed by atoms with van der Waals surface area (Å²) >= 11 is 0. The van der Waals surface area contributed by atoms with Crippen molar-refractivity contribution in [3.63, 3.8) is 0 Å². The molecule has 1 aromatic heterocycles. The Morgan fingerprint density at radius 2 is 2.32 bits per heavy atom. The third-order valence-corrected chi connectivity index (χ3v) is 3.26. The Balaban J connectivity index is 2.06. The Labute approximate surface area is 114 Å². The van der Waals surface area contributed by atoms with Gasteiger partial charge in [0.25, 0.3) is 0 Å². The van der Waals surface area contributed by atoms with Crippen LogP contribution in [0.4, 0.5) is 11.6 Å². The van der Waals surface area contributed by atoms with Crippen LogP contribution in [-0.4, -0.2) is 46.4 Å². The van der Waals surface area contributed by atoms with Crippen molar-refractivity contribution in [1.29, 1.82) is 0 Å². The third-order valence-electron chi connectivity index (χ3n) is 3.26. The highest BCUT2D eigenvalue weighted by Gasteiger charge is 2.25. The van der Waals surface area contributed by atoms with Crippen LogP contribution in [0.3, 0.4) is 0 Å². The zero-order valence-corrected chi connectivity index (χ0v) is 11.6. The summed E-state index contributed by atoms with van der Waals surface area (Å²) < 4.78 is 0. The zero-order valence-electron chi connectivity index (χ0n) is 11.6. The van der Waals surface area contributed by atoms with E-state index in [1.807, 2.05) is 19.9 Å². The van der Waals surface area contributed by atoms with Gasteiger partial charge < -0.3 is 21.1 Å². The van der Waals surface area contributed by atoms with Crippen molar-refractivity contribution in [1.82, 2.24) is 9.97 Å². The lowest BCUT2D eigenvalue weighted by molar-refractivity contribution is 0.266. The Hall–Kier alpha value is -1.40. The first-order chi connectivity index (χ1) is 8.99. The molecule has 0 saturated carbocycles. The first kappa shape index (κ1) is 14.0. The SMILES string of the molecule is CC(C)(N)CNc1cc(N2CCCC2CO)ncn1. The molecule has 1 saturated heterocycles. The Morgan fingerprint density at radius 1 is 1.53 bits per heavy atom. The molecule has 0 bridgehead atoms. The van der Waals surface area contributed by atoms with Gasteiger partial charge in [-0.05, 0) is 26.7 Å². The molecule has 2 heterocycles. The predicted molar refractivity (Wildman–Crippen MR) is 76.2 cm³/mol. The van der Waals surface area contributed by atoms with Crippen LogP contribution in [0.5, 0.6) is 0 Å². The number of anilines is 2. The fourth-order valence-corrected chi connectivity index (χ4v) is 2.25. The Bertz CT molecular complexity index is 418. The maximum atomic E-state index is 9.36. The molecule has 1 fully saturated rings. The average molecular weight is 265 g/mol. The van der Waals surface area contributed by atoms with Crippen LogP contribution in [0.1, 0.15) is 26.7 Å². The summed E-state index contributed by atoms with van der Waals surface area (Å²) in [7, 11) is 0. The van der Waals surface area contributed by atoms with E-state index in [0.717, 1.165) is 31.0 Å². The van der Waals surface area contributed by atoms with Gasteiger partial charge >= 0.3 is 0 Å². The second kappa shape index (κ2) is 5.71. The van der Waals surface area contributed by atoms with E-state index >= 15 is 0 Å². The van der Waals surface area contributed by atoms with E-state index in [2.05, 4.69) is 20.2 Å². The van der Waals surface area contributed by atoms with Gasteiger partial charge in [-0.15, -0.1) is 0 Å². The van der Waals surface area contributed by atoms with Crippen molar-refractivity contribution in [3.05, 3.63) is 12.4 Å². The van der Waals surface area contributed by atoms with Gasteiger partial charge in [-0.2, -0.15) is 0 Å². The van der Waals surface area contributed by atoms with Gasteiger partial charge in [-0.25, -0.2) is 9.97 Å². The fourth-order valence-electron chi connectivity index (χ4n) is 2.25. The number of aliphatic hydroxyl groups excluding tert-OH is 1. The van der Waals surface area contributed by atoms with Gasteiger partial charge in [0.1, 0.15) is 18.0 Å². The smallest absolute Gasteiger partial charge is 0.134 e. The second-order valence-electron chi connectivity index (χ2n) is 5.78. The number of aromatic nitrogens is 2. The van der Waals surface area contributed by atoms with Crippen LogP contribution in [0.25, 0.3) is 0 Å². The van der Waals surface area contributed by atoms with E-state index in [-0.39, 0.29) is 18.2 Å². The van der Waals surface area contributed by atoms with Gasteiger partial charge in [-0.3, -0.25) is 0 Å². The van der Waals surface area contributed by atoms with Crippen LogP contribution in [0, 0.1) is 0 Å². The molecule has 1 unspecified atom stereocenters. The minimum absolute atomic E-state index is 0.169. The highest BCUT2D eigenvalue weighted by Crippen LogP contribution is 2.24. The molecule has 4 N–H and O–H groups in total. The minimum Gasteiger partial charge on any atom is -0.394 e. The maximum absolute atomic E-state index is 9.36. The lowest BCUT2D eigenvalue weighted by atomic mass is 10.1. The minimum atomic E-state index is -0.285. The molecular formula is C13H23N5O. The van der Waals surface area contributed by atoms with Crippen LogP contribution >= 0.6 is 0 Å². The van der Waals surface area contributed by atoms with Crippen LogP contribution < -0.4 is 16.0 Å². The highest BCUT2D eigenvalue weighted by molar-refractivity contribution is 5.50. The molecule has 106 valence electrons. The van der Waals surface area contributed by atoms with Crippen molar-refractivity contribution in [2.45, 2.75) is 38.3 Å².